The summed E-state index contributed by atoms with van der Waals surface area (Å²) in [5.41, 5.74) is 4.29. The lowest BCUT2D eigenvalue weighted by molar-refractivity contribution is -0.113. The van der Waals surface area contributed by atoms with Crippen molar-refractivity contribution in [1.29, 1.82) is 0 Å². The van der Waals surface area contributed by atoms with E-state index in [0.717, 1.165) is 59.0 Å². The van der Waals surface area contributed by atoms with E-state index in [2.05, 4.69) is 32.1 Å². The number of aromatic nitrogens is 2. The average Bonchev–Trinajstić information content (AvgIpc) is 3.53. The Labute approximate surface area is 225 Å². The largest absolute Gasteiger partial charge is 0.481 e. The predicted molar refractivity (Wildman–Crippen MR) is 147 cm³/mol. The number of ether oxygens (including phenoxy) is 2. The van der Waals surface area contributed by atoms with E-state index in [1.807, 2.05) is 42.6 Å². The van der Waals surface area contributed by atoms with Crippen molar-refractivity contribution in [2.75, 3.05) is 67.8 Å². The Morgan fingerprint density at radius 2 is 2.08 bits per heavy atom. The maximum atomic E-state index is 12.7. The fourth-order valence-corrected chi connectivity index (χ4v) is 6.28. The highest BCUT2D eigenvalue weighted by Crippen LogP contribution is 2.36. The molecule has 5 heterocycles. The average molecular weight is 535 g/mol. The summed E-state index contributed by atoms with van der Waals surface area (Å²) < 4.78 is 11.0. The van der Waals surface area contributed by atoms with Crippen molar-refractivity contribution in [3.8, 4) is 5.88 Å². The van der Waals surface area contributed by atoms with Gasteiger partial charge in [0.1, 0.15) is 11.6 Å². The first kappa shape index (κ1) is 24.7. The molecular weight excluding hydrogens is 504 g/mol. The highest BCUT2D eigenvalue weighted by atomic mass is 32.2. The van der Waals surface area contributed by atoms with Gasteiger partial charge in [-0.25, -0.2) is 9.78 Å². The first-order valence-corrected chi connectivity index (χ1v) is 13.7. The molecule has 0 bridgehead atoms. The second-order valence-electron chi connectivity index (χ2n) is 10.0. The van der Waals surface area contributed by atoms with E-state index in [4.69, 9.17) is 9.47 Å². The Balaban J connectivity index is 1.06. The Bertz CT molecular complexity index is 1390. The van der Waals surface area contributed by atoms with Gasteiger partial charge in [-0.3, -0.25) is 14.7 Å². The number of benzene rings is 1. The molecule has 2 saturated heterocycles. The number of nitrogens with one attached hydrogen (secondary N) is 1. The molecule has 3 aliphatic heterocycles. The molecule has 0 spiro atoms. The molecule has 0 aliphatic carbocycles. The number of thioether (sulfide) groups is 1. The first-order chi connectivity index (χ1) is 18.5. The molecule has 2 atom stereocenters. The predicted octanol–water partition coefficient (Wildman–Crippen LogP) is 3.47. The van der Waals surface area contributed by atoms with Gasteiger partial charge in [-0.15, -0.1) is 11.8 Å². The van der Waals surface area contributed by atoms with Crippen LogP contribution in [-0.2, 0) is 9.53 Å². The van der Waals surface area contributed by atoms with Gasteiger partial charge in [0.05, 0.1) is 36.3 Å². The minimum Gasteiger partial charge on any atom is -0.481 e. The van der Waals surface area contributed by atoms with Crippen LogP contribution in [0.5, 0.6) is 5.88 Å². The third-order valence-corrected chi connectivity index (χ3v) is 8.31. The summed E-state index contributed by atoms with van der Waals surface area (Å²) in [6.45, 7) is 3.93. The number of anilines is 3. The quantitative estimate of drug-likeness (QED) is 0.488. The van der Waals surface area contributed by atoms with E-state index in [9.17, 15) is 9.59 Å². The number of carbonyl (C=O) groups is 2. The van der Waals surface area contributed by atoms with Gasteiger partial charge in [0.15, 0.2) is 0 Å². The lowest BCUT2D eigenvalue weighted by Crippen LogP contribution is -2.36. The van der Waals surface area contributed by atoms with Crippen LogP contribution >= 0.6 is 11.8 Å². The molecule has 2 fully saturated rings. The molecule has 6 rings (SSSR count). The number of hydrogen-bond donors (Lipinski definition) is 1. The summed E-state index contributed by atoms with van der Waals surface area (Å²) in [4.78, 5) is 40.8. The van der Waals surface area contributed by atoms with Crippen molar-refractivity contribution in [3.63, 3.8) is 0 Å². The molecule has 10 nitrogen and oxygen atoms in total. The lowest BCUT2D eigenvalue weighted by Gasteiger charge is -2.24. The van der Waals surface area contributed by atoms with Crippen molar-refractivity contribution in [2.45, 2.75) is 17.4 Å². The summed E-state index contributed by atoms with van der Waals surface area (Å²) in [6.07, 6.45) is 2.34. The third-order valence-electron chi connectivity index (χ3n) is 7.24. The van der Waals surface area contributed by atoms with Crippen LogP contribution < -0.4 is 19.9 Å². The van der Waals surface area contributed by atoms with Gasteiger partial charge < -0.3 is 24.6 Å². The molecule has 0 radical (unpaired) electrons. The molecule has 198 valence electrons. The van der Waals surface area contributed by atoms with Gasteiger partial charge in [-0.05, 0) is 49.7 Å². The number of carbonyl (C=O) groups excluding carboxylic acids is 2. The minimum atomic E-state index is -0.349. The first-order valence-electron chi connectivity index (χ1n) is 12.7. The highest BCUT2D eigenvalue weighted by Gasteiger charge is 2.34. The molecule has 2 aromatic heterocycles. The van der Waals surface area contributed by atoms with Crippen LogP contribution in [-0.4, -0.2) is 85.6 Å². The number of rotatable bonds is 7. The van der Waals surface area contributed by atoms with Crippen LogP contribution in [0.1, 0.15) is 6.42 Å². The van der Waals surface area contributed by atoms with Gasteiger partial charge in [-0.1, -0.05) is 0 Å². The van der Waals surface area contributed by atoms with Gasteiger partial charge in [0.25, 0.3) is 0 Å². The van der Waals surface area contributed by atoms with E-state index in [0.29, 0.717) is 30.6 Å². The van der Waals surface area contributed by atoms with Crippen LogP contribution in [0, 0.1) is 5.92 Å². The minimum absolute atomic E-state index is 0.0262. The number of likely N-dealkylation sites (N-methyl/N-ethyl adjacent to an activating group) is 1. The summed E-state index contributed by atoms with van der Waals surface area (Å²) in [7, 11) is 3.71. The van der Waals surface area contributed by atoms with Gasteiger partial charge in [0.2, 0.25) is 11.8 Å². The van der Waals surface area contributed by atoms with E-state index < -0.39 is 0 Å². The van der Waals surface area contributed by atoms with Crippen LogP contribution in [0.25, 0.3) is 11.0 Å². The highest BCUT2D eigenvalue weighted by molar-refractivity contribution is 8.00. The number of fused-ring (bicyclic) bond motifs is 2. The van der Waals surface area contributed by atoms with Crippen LogP contribution in [0.3, 0.4) is 0 Å². The Morgan fingerprint density at radius 1 is 1.18 bits per heavy atom. The molecule has 0 unspecified atom stereocenters. The number of nitrogens with zero attached hydrogens (tertiary/aromatic N) is 5. The van der Waals surface area contributed by atoms with Crippen molar-refractivity contribution < 1.29 is 19.1 Å². The summed E-state index contributed by atoms with van der Waals surface area (Å²) in [5.74, 6) is 1.46. The summed E-state index contributed by atoms with van der Waals surface area (Å²) >= 11 is 1.50. The molecule has 2 amide bonds. The zero-order valence-electron chi connectivity index (χ0n) is 21.4. The van der Waals surface area contributed by atoms with Crippen molar-refractivity contribution in [1.82, 2.24) is 14.9 Å². The second-order valence-corrected chi connectivity index (χ2v) is 11.0. The standard InChI is InChI=1S/C27H30N6O4S/c1-31(12-17-8-10-32(13-17)22-7-9-28-20-4-6-25(36-2)30-26(20)22)14-19-15-33(27(35)37-19)18-3-5-23-21(11-18)29-24(34)16-38-23/h3-7,9,11,17,19H,8,10,12-16H2,1-2H3,(H,29,34)/t17-,19+/m0/s1. The van der Waals surface area contributed by atoms with Gasteiger partial charge in [0, 0.05) is 49.0 Å². The zero-order chi connectivity index (χ0) is 26.2. The Morgan fingerprint density at radius 3 is 2.95 bits per heavy atom. The van der Waals surface area contributed by atoms with Crippen molar-refractivity contribution in [3.05, 3.63) is 42.6 Å². The topological polar surface area (TPSA) is 100 Å². The maximum Gasteiger partial charge on any atom is 0.414 e. The monoisotopic (exact) mass is 534 g/mol. The number of methoxy groups -OCH3 is 1. The van der Waals surface area contributed by atoms with E-state index >= 15 is 0 Å². The third kappa shape index (κ3) is 4.95. The maximum absolute atomic E-state index is 12.7. The molecule has 1 N–H and O–H groups in total. The Kier molecular flexibility index (Phi) is 6.71. The van der Waals surface area contributed by atoms with Crippen molar-refractivity contribution >= 4 is 51.9 Å². The molecule has 0 saturated carbocycles. The molecule has 3 aromatic rings. The molecule has 11 heteroatoms. The van der Waals surface area contributed by atoms with E-state index in [1.54, 1.807) is 12.0 Å². The molecule has 38 heavy (non-hydrogen) atoms. The van der Waals surface area contributed by atoms with Crippen LogP contribution in [0.2, 0.25) is 0 Å². The number of pyridine rings is 2. The normalized spacial score (nSPS) is 21.1. The lowest BCUT2D eigenvalue weighted by atomic mass is 10.1. The van der Waals surface area contributed by atoms with E-state index in [-0.39, 0.29) is 18.1 Å². The van der Waals surface area contributed by atoms with E-state index in [1.165, 1.54) is 11.8 Å². The van der Waals surface area contributed by atoms with Gasteiger partial charge >= 0.3 is 6.09 Å². The smallest absolute Gasteiger partial charge is 0.414 e. The molecule has 3 aliphatic rings. The second kappa shape index (κ2) is 10.3. The number of amides is 2. The summed E-state index contributed by atoms with van der Waals surface area (Å²) in [6, 6.07) is 11.5. The van der Waals surface area contributed by atoms with Crippen LogP contribution in [0.15, 0.2) is 47.5 Å². The van der Waals surface area contributed by atoms with Crippen LogP contribution in [0.4, 0.5) is 21.9 Å². The zero-order valence-corrected chi connectivity index (χ0v) is 22.2. The Hall–Kier alpha value is -3.57. The number of hydrogen-bond acceptors (Lipinski definition) is 9. The van der Waals surface area contributed by atoms with Crippen molar-refractivity contribution in [2.24, 2.45) is 5.92 Å². The fraction of sp³-hybridized carbons (Fsp3) is 0.407. The fourth-order valence-electron chi connectivity index (χ4n) is 5.49. The SMILES string of the molecule is COc1ccc2nccc(N3CC[C@@H](CN(C)C[C@@H]4CN(c5ccc6c(c5)NC(=O)CS6)C(=O)O4)C3)c2n1. The molecular formula is C27H30N6O4S. The number of cyclic esters (lactones) is 1. The molecule has 1 aromatic carbocycles. The summed E-state index contributed by atoms with van der Waals surface area (Å²) in [5, 5.41) is 2.89. The van der Waals surface area contributed by atoms with Gasteiger partial charge in [-0.2, -0.15) is 0 Å².